The van der Waals surface area contributed by atoms with Gasteiger partial charge in [-0.3, -0.25) is 4.79 Å². The minimum absolute atomic E-state index is 0.00538. The van der Waals surface area contributed by atoms with E-state index in [1.807, 2.05) is 42.6 Å². The Morgan fingerprint density at radius 1 is 0.889 bits per heavy atom. The Morgan fingerprint density at radius 3 is 2.53 bits per heavy atom. The van der Waals surface area contributed by atoms with Crippen LogP contribution in [0.25, 0.3) is 10.8 Å². The maximum absolute atomic E-state index is 14.3. The molecule has 0 saturated carbocycles. The van der Waals surface area contributed by atoms with Gasteiger partial charge in [-0.05, 0) is 40.5 Å². The van der Waals surface area contributed by atoms with Gasteiger partial charge in [-0.2, -0.15) is 0 Å². The lowest BCUT2D eigenvalue weighted by molar-refractivity contribution is 0.0673. The second kappa shape index (κ2) is 9.70. The highest BCUT2D eigenvalue weighted by molar-refractivity contribution is 6.07. The number of carbonyl (C=O) groups excluding carboxylic acids is 1. The van der Waals surface area contributed by atoms with Crippen molar-refractivity contribution < 1.29 is 4.79 Å². The van der Waals surface area contributed by atoms with Crippen molar-refractivity contribution >= 4 is 22.4 Å². The maximum atomic E-state index is 14.3. The van der Waals surface area contributed by atoms with Gasteiger partial charge in [-0.1, -0.05) is 84.9 Å². The van der Waals surface area contributed by atoms with Crippen molar-refractivity contribution in [1.82, 2.24) is 14.9 Å². The van der Waals surface area contributed by atoms with Crippen LogP contribution in [-0.2, 0) is 19.5 Å². The van der Waals surface area contributed by atoms with E-state index in [0.29, 0.717) is 13.1 Å². The lowest BCUT2D eigenvalue weighted by Crippen LogP contribution is -2.45. The number of nitrogens with one attached hydrogen (secondary N) is 1. The summed E-state index contributed by atoms with van der Waals surface area (Å²) in [7, 11) is 0. The monoisotopic (exact) mass is 472 g/mol. The molecule has 0 bridgehead atoms. The van der Waals surface area contributed by atoms with Crippen LogP contribution >= 0.6 is 0 Å². The first kappa shape index (κ1) is 22.1. The number of imidazole rings is 1. The first-order valence-electron chi connectivity index (χ1n) is 12.4. The second-order valence-corrected chi connectivity index (χ2v) is 9.39. The van der Waals surface area contributed by atoms with E-state index in [2.05, 4.69) is 80.4 Å². The molecule has 0 fully saturated rings. The topological polar surface area (TPSA) is 52.2 Å². The van der Waals surface area contributed by atoms with E-state index in [4.69, 9.17) is 0 Å². The minimum atomic E-state index is -0.00538. The molecular formula is C31H28N4O. The molecule has 36 heavy (non-hydrogen) atoms. The van der Waals surface area contributed by atoms with Gasteiger partial charge in [0, 0.05) is 30.5 Å². The highest BCUT2D eigenvalue weighted by atomic mass is 16.2. The van der Waals surface area contributed by atoms with Crippen LogP contribution in [0.2, 0.25) is 0 Å². The molecule has 1 atom stereocenters. The van der Waals surface area contributed by atoms with Gasteiger partial charge in [0.15, 0.2) is 0 Å². The molecule has 178 valence electrons. The predicted octanol–water partition coefficient (Wildman–Crippen LogP) is 5.84. The van der Waals surface area contributed by atoms with Crippen LogP contribution in [0, 0.1) is 0 Å². The third kappa shape index (κ3) is 4.36. The summed E-state index contributed by atoms with van der Waals surface area (Å²) < 4.78 is 0. The van der Waals surface area contributed by atoms with Crippen LogP contribution in [0.4, 0.5) is 5.69 Å². The van der Waals surface area contributed by atoms with E-state index in [1.54, 1.807) is 6.33 Å². The number of aromatic nitrogens is 2. The van der Waals surface area contributed by atoms with Crippen LogP contribution in [0.15, 0.2) is 110 Å². The van der Waals surface area contributed by atoms with Gasteiger partial charge < -0.3 is 14.8 Å². The predicted molar refractivity (Wildman–Crippen MR) is 144 cm³/mol. The van der Waals surface area contributed by atoms with Crippen LogP contribution in [-0.4, -0.2) is 33.4 Å². The summed E-state index contributed by atoms with van der Waals surface area (Å²) in [6.07, 6.45) is 4.38. The van der Waals surface area contributed by atoms with Crippen molar-refractivity contribution in [2.24, 2.45) is 0 Å². The summed E-state index contributed by atoms with van der Waals surface area (Å²) in [5.41, 5.74) is 5.35. The lowest BCUT2D eigenvalue weighted by atomic mass is 10.00. The van der Waals surface area contributed by atoms with Gasteiger partial charge in [0.25, 0.3) is 5.91 Å². The minimum Gasteiger partial charge on any atom is -0.363 e. The van der Waals surface area contributed by atoms with E-state index in [1.165, 1.54) is 11.3 Å². The number of hydrogen-bond donors (Lipinski definition) is 1. The summed E-state index contributed by atoms with van der Waals surface area (Å²) in [6.45, 7) is 2.00. The average molecular weight is 473 g/mol. The molecular weight excluding hydrogens is 444 g/mol. The fraction of sp³-hybridized carbons (Fsp3) is 0.161. The SMILES string of the molecule is O=C(c1cccc2ccccc12)N1Cc2ccccc2N(Cc2cnc[nH]2)C[C@H]1Cc1ccccc1. The average Bonchev–Trinajstić information content (AvgIpc) is 3.39. The van der Waals surface area contributed by atoms with Gasteiger partial charge in [0.2, 0.25) is 0 Å². The number of H-pyrrole nitrogens is 1. The maximum Gasteiger partial charge on any atom is 0.255 e. The Morgan fingerprint density at radius 2 is 1.67 bits per heavy atom. The Labute approximate surface area is 211 Å². The molecule has 5 aromatic rings. The number of aromatic amines is 1. The van der Waals surface area contributed by atoms with Crippen LogP contribution in [0.1, 0.15) is 27.2 Å². The summed E-state index contributed by atoms with van der Waals surface area (Å²) in [5.74, 6) is 0.0749. The zero-order valence-corrected chi connectivity index (χ0v) is 20.0. The second-order valence-electron chi connectivity index (χ2n) is 9.39. The first-order chi connectivity index (χ1) is 17.8. The summed E-state index contributed by atoms with van der Waals surface area (Å²) in [4.78, 5) is 26.2. The quantitative estimate of drug-likeness (QED) is 0.350. The molecule has 5 nitrogen and oxygen atoms in total. The van der Waals surface area contributed by atoms with Crippen LogP contribution in [0.3, 0.4) is 0 Å². The normalized spacial score (nSPS) is 15.5. The smallest absolute Gasteiger partial charge is 0.255 e. The molecule has 0 spiro atoms. The number of nitrogens with zero attached hydrogens (tertiary/aromatic N) is 3. The lowest BCUT2D eigenvalue weighted by Gasteiger charge is -2.33. The molecule has 0 unspecified atom stereocenters. The van der Waals surface area contributed by atoms with E-state index in [-0.39, 0.29) is 11.9 Å². The molecule has 5 heteroatoms. The number of hydrogen-bond acceptors (Lipinski definition) is 3. The largest absolute Gasteiger partial charge is 0.363 e. The number of benzene rings is 4. The Bertz CT molecular complexity index is 1470. The van der Waals surface area contributed by atoms with Crippen molar-refractivity contribution in [3.63, 3.8) is 0 Å². The molecule has 1 aliphatic rings. The fourth-order valence-electron chi connectivity index (χ4n) is 5.31. The molecule has 1 N–H and O–H groups in total. The van der Waals surface area contributed by atoms with Crippen molar-refractivity contribution in [1.29, 1.82) is 0 Å². The van der Waals surface area contributed by atoms with E-state index < -0.39 is 0 Å². The molecule has 6 rings (SSSR count). The molecule has 1 aliphatic heterocycles. The fourth-order valence-corrected chi connectivity index (χ4v) is 5.31. The number of amides is 1. The summed E-state index contributed by atoms with van der Waals surface area (Å²) in [5, 5.41) is 2.08. The molecule has 1 amide bonds. The van der Waals surface area contributed by atoms with Crippen LogP contribution < -0.4 is 4.90 Å². The Kier molecular flexibility index (Phi) is 5.96. The number of anilines is 1. The zero-order chi connectivity index (χ0) is 24.3. The van der Waals surface area contributed by atoms with E-state index >= 15 is 0 Å². The Balaban J connectivity index is 1.43. The van der Waals surface area contributed by atoms with Crippen LogP contribution in [0.5, 0.6) is 0 Å². The molecule has 2 heterocycles. The van der Waals surface area contributed by atoms with Crippen molar-refractivity contribution in [3.8, 4) is 0 Å². The van der Waals surface area contributed by atoms with Crippen molar-refractivity contribution in [2.45, 2.75) is 25.6 Å². The van der Waals surface area contributed by atoms with Gasteiger partial charge in [0.05, 0.1) is 24.6 Å². The highest BCUT2D eigenvalue weighted by Gasteiger charge is 2.32. The number of fused-ring (bicyclic) bond motifs is 2. The van der Waals surface area contributed by atoms with Gasteiger partial charge in [-0.15, -0.1) is 0 Å². The number of rotatable bonds is 5. The molecule has 0 saturated heterocycles. The third-order valence-corrected chi connectivity index (χ3v) is 7.06. The Hall–Kier alpha value is -4.38. The van der Waals surface area contributed by atoms with Gasteiger partial charge in [-0.25, -0.2) is 4.98 Å². The van der Waals surface area contributed by atoms with E-state index in [0.717, 1.165) is 40.6 Å². The number of carbonyl (C=O) groups is 1. The number of para-hydroxylation sites is 1. The zero-order valence-electron chi connectivity index (χ0n) is 20.0. The molecule has 0 radical (unpaired) electrons. The van der Waals surface area contributed by atoms with Crippen molar-refractivity contribution in [3.05, 3.63) is 132 Å². The standard InChI is InChI=1S/C31H28N4O/c36-31(29-15-8-13-24-11-4-6-14-28(24)29)35-19-25-12-5-7-16-30(25)34(20-26-18-32-22-33-26)21-27(35)17-23-9-2-1-3-10-23/h1-16,18,22,27H,17,19-21H2,(H,32,33)/t27-/m1/s1. The molecule has 0 aliphatic carbocycles. The van der Waals surface area contributed by atoms with Crippen molar-refractivity contribution in [2.75, 3.05) is 11.4 Å². The van der Waals surface area contributed by atoms with Gasteiger partial charge in [0.1, 0.15) is 0 Å². The first-order valence-corrected chi connectivity index (χ1v) is 12.4. The summed E-state index contributed by atoms with van der Waals surface area (Å²) in [6, 6.07) is 33.1. The molecule has 1 aromatic heterocycles. The van der Waals surface area contributed by atoms with E-state index in [9.17, 15) is 4.79 Å². The van der Waals surface area contributed by atoms with Gasteiger partial charge >= 0.3 is 0 Å². The summed E-state index contributed by atoms with van der Waals surface area (Å²) >= 11 is 0. The molecule has 4 aromatic carbocycles. The third-order valence-electron chi connectivity index (χ3n) is 7.06. The highest BCUT2D eigenvalue weighted by Crippen LogP contribution is 2.31.